The van der Waals surface area contributed by atoms with Crippen LogP contribution in [-0.4, -0.2) is 12.1 Å². The number of aromatic nitrogens is 1. The minimum Gasteiger partial charge on any atom is -0.501 e. The van der Waals surface area contributed by atoms with Crippen LogP contribution in [-0.2, 0) is 11.2 Å². The van der Waals surface area contributed by atoms with Crippen LogP contribution in [0, 0.1) is 0 Å². The average Bonchev–Trinajstić information content (AvgIpc) is 2.95. The Bertz CT molecular complexity index is 739. The number of rotatable bonds is 4. The molecule has 0 saturated carbocycles. The smallest absolute Gasteiger partial charge is 0.116 e. The highest BCUT2D eigenvalue weighted by Crippen LogP contribution is 2.29. The number of ether oxygens (including phenoxy) is 1. The van der Waals surface area contributed by atoms with Gasteiger partial charge in [-0.2, -0.15) is 0 Å². The van der Waals surface area contributed by atoms with Crippen molar-refractivity contribution in [2.45, 2.75) is 12.8 Å². The zero-order valence-corrected chi connectivity index (χ0v) is 13.3. The van der Waals surface area contributed by atoms with Gasteiger partial charge in [0.2, 0.25) is 0 Å². The number of nitrogen functional groups attached to an aromatic ring is 1. The van der Waals surface area contributed by atoms with Gasteiger partial charge >= 0.3 is 0 Å². The molecule has 0 amide bonds. The second-order valence-corrected chi connectivity index (χ2v) is 6.12. The standard InChI is InChI=1S/C18H18N2OS/c1-21-15-10-11-16-17(12-15)22-18(20-16)5-3-2-4-13-6-8-14(19)9-7-13/h2-9,12H,10-11,19H2,1H3/b4-2+,5-3+. The summed E-state index contributed by atoms with van der Waals surface area (Å²) in [7, 11) is 1.72. The van der Waals surface area contributed by atoms with Crippen molar-refractivity contribution in [3.8, 4) is 0 Å². The van der Waals surface area contributed by atoms with Crippen molar-refractivity contribution in [2.75, 3.05) is 12.8 Å². The second kappa shape index (κ2) is 6.62. The van der Waals surface area contributed by atoms with Crippen LogP contribution in [0.25, 0.3) is 18.2 Å². The molecule has 4 heteroatoms. The second-order valence-electron chi connectivity index (χ2n) is 5.06. The topological polar surface area (TPSA) is 48.1 Å². The summed E-state index contributed by atoms with van der Waals surface area (Å²) in [5, 5.41) is 1.03. The Hall–Kier alpha value is -2.33. The molecule has 0 aliphatic heterocycles. The third-order valence-corrected chi connectivity index (χ3v) is 4.49. The first-order chi connectivity index (χ1) is 10.7. The molecule has 0 unspecified atom stereocenters. The van der Waals surface area contributed by atoms with Gasteiger partial charge in [0.25, 0.3) is 0 Å². The number of thiazole rings is 1. The van der Waals surface area contributed by atoms with Gasteiger partial charge in [0, 0.05) is 12.1 Å². The molecule has 1 aliphatic rings. The van der Waals surface area contributed by atoms with Gasteiger partial charge in [-0.1, -0.05) is 30.4 Å². The molecule has 2 N–H and O–H groups in total. The predicted molar refractivity (Wildman–Crippen MR) is 94.3 cm³/mol. The Morgan fingerprint density at radius 2 is 1.91 bits per heavy atom. The number of anilines is 1. The van der Waals surface area contributed by atoms with Crippen molar-refractivity contribution in [1.29, 1.82) is 0 Å². The fourth-order valence-electron chi connectivity index (χ4n) is 2.28. The van der Waals surface area contributed by atoms with Gasteiger partial charge in [0.05, 0.1) is 23.4 Å². The Morgan fingerprint density at radius 1 is 1.14 bits per heavy atom. The Labute approximate surface area is 134 Å². The summed E-state index contributed by atoms with van der Waals surface area (Å²) in [4.78, 5) is 5.87. The van der Waals surface area contributed by atoms with Crippen LogP contribution in [0.5, 0.6) is 0 Å². The van der Waals surface area contributed by atoms with E-state index in [1.807, 2.05) is 48.6 Å². The van der Waals surface area contributed by atoms with Crippen LogP contribution in [0.4, 0.5) is 5.69 Å². The molecule has 112 valence electrons. The predicted octanol–water partition coefficient (Wildman–Crippen LogP) is 4.39. The lowest BCUT2D eigenvalue weighted by atomic mass is 10.1. The van der Waals surface area contributed by atoms with E-state index in [0.717, 1.165) is 34.9 Å². The van der Waals surface area contributed by atoms with Crippen LogP contribution >= 0.6 is 11.3 Å². The number of methoxy groups -OCH3 is 1. The molecule has 0 bridgehead atoms. The lowest BCUT2D eigenvalue weighted by molar-refractivity contribution is 0.280. The van der Waals surface area contributed by atoms with E-state index in [9.17, 15) is 0 Å². The van der Waals surface area contributed by atoms with Crippen LogP contribution < -0.4 is 5.73 Å². The Kier molecular flexibility index (Phi) is 4.39. The summed E-state index contributed by atoms with van der Waals surface area (Å²) in [5.41, 5.74) is 8.75. The number of hydrogen-bond donors (Lipinski definition) is 1. The minimum atomic E-state index is 0.782. The lowest BCUT2D eigenvalue weighted by Gasteiger charge is -2.09. The molecular weight excluding hydrogens is 292 g/mol. The molecule has 0 spiro atoms. The van der Waals surface area contributed by atoms with Gasteiger partial charge in [0.15, 0.2) is 0 Å². The highest BCUT2D eigenvalue weighted by molar-refractivity contribution is 7.13. The van der Waals surface area contributed by atoms with E-state index in [-0.39, 0.29) is 0 Å². The van der Waals surface area contributed by atoms with Crippen LogP contribution in [0.2, 0.25) is 0 Å². The van der Waals surface area contributed by atoms with Gasteiger partial charge in [-0.3, -0.25) is 0 Å². The van der Waals surface area contributed by atoms with Crippen LogP contribution in [0.3, 0.4) is 0 Å². The normalized spacial score (nSPS) is 14.3. The fourth-order valence-corrected chi connectivity index (χ4v) is 3.26. The first-order valence-electron chi connectivity index (χ1n) is 7.19. The quantitative estimate of drug-likeness (QED) is 0.673. The maximum atomic E-state index is 5.67. The molecule has 0 fully saturated rings. The number of nitrogens with zero attached hydrogens (tertiary/aromatic N) is 1. The van der Waals surface area contributed by atoms with Crippen molar-refractivity contribution >= 4 is 35.3 Å². The highest BCUT2D eigenvalue weighted by atomic mass is 32.1. The number of nitrogens with two attached hydrogens (primary N) is 1. The molecule has 3 rings (SSSR count). The van der Waals surface area contributed by atoms with Crippen LogP contribution in [0.1, 0.15) is 27.6 Å². The molecule has 22 heavy (non-hydrogen) atoms. The SMILES string of the molecule is COC1=Cc2sc(/C=C/C=C/c3ccc(N)cc3)nc2CC1. The number of aryl methyl sites for hydroxylation is 1. The van der Waals surface area contributed by atoms with Crippen molar-refractivity contribution in [3.63, 3.8) is 0 Å². The van der Waals surface area contributed by atoms with Crippen molar-refractivity contribution < 1.29 is 4.74 Å². The van der Waals surface area contributed by atoms with E-state index in [4.69, 9.17) is 10.5 Å². The zero-order valence-electron chi connectivity index (χ0n) is 12.5. The Balaban J connectivity index is 1.68. The van der Waals surface area contributed by atoms with Crippen molar-refractivity contribution in [1.82, 2.24) is 4.98 Å². The largest absolute Gasteiger partial charge is 0.501 e. The number of benzene rings is 1. The molecule has 0 atom stereocenters. The van der Waals surface area contributed by atoms with Gasteiger partial charge in [-0.05, 0) is 36.3 Å². The summed E-state index contributed by atoms with van der Waals surface area (Å²) in [6, 6.07) is 7.80. The van der Waals surface area contributed by atoms with Crippen LogP contribution in [0.15, 0.2) is 42.2 Å². The van der Waals surface area contributed by atoms with Gasteiger partial charge in [-0.25, -0.2) is 4.98 Å². The van der Waals surface area contributed by atoms with Gasteiger partial charge < -0.3 is 10.5 Å². The molecule has 3 nitrogen and oxygen atoms in total. The van der Waals surface area contributed by atoms with E-state index < -0.39 is 0 Å². The number of allylic oxidation sites excluding steroid dienone is 3. The first kappa shape index (κ1) is 14.6. The monoisotopic (exact) mass is 310 g/mol. The molecule has 1 heterocycles. The number of hydrogen-bond acceptors (Lipinski definition) is 4. The molecule has 1 aromatic heterocycles. The third-order valence-electron chi connectivity index (χ3n) is 3.48. The maximum Gasteiger partial charge on any atom is 0.116 e. The zero-order chi connectivity index (χ0) is 15.4. The summed E-state index contributed by atoms with van der Waals surface area (Å²) in [6.07, 6.45) is 12.1. The summed E-state index contributed by atoms with van der Waals surface area (Å²) in [6.45, 7) is 0. The molecular formula is C18H18N2OS. The lowest BCUT2D eigenvalue weighted by Crippen LogP contribution is -1.98. The van der Waals surface area contributed by atoms with Crippen molar-refractivity contribution in [3.05, 3.63) is 63.3 Å². The van der Waals surface area contributed by atoms with Gasteiger partial charge in [0.1, 0.15) is 5.01 Å². The fraction of sp³-hybridized carbons (Fsp3) is 0.167. The first-order valence-corrected chi connectivity index (χ1v) is 8.01. The average molecular weight is 310 g/mol. The minimum absolute atomic E-state index is 0.782. The van der Waals surface area contributed by atoms with E-state index in [0.29, 0.717) is 0 Å². The molecule has 0 saturated heterocycles. The summed E-state index contributed by atoms with van der Waals surface area (Å²) in [5.74, 6) is 1.04. The van der Waals surface area contributed by atoms with E-state index >= 15 is 0 Å². The number of fused-ring (bicyclic) bond motifs is 1. The molecule has 2 aromatic rings. The summed E-state index contributed by atoms with van der Waals surface area (Å²) >= 11 is 1.70. The Morgan fingerprint density at radius 3 is 2.68 bits per heavy atom. The van der Waals surface area contributed by atoms with E-state index in [1.54, 1.807) is 18.4 Å². The molecule has 0 radical (unpaired) electrons. The highest BCUT2D eigenvalue weighted by Gasteiger charge is 2.14. The molecule has 1 aliphatic carbocycles. The third kappa shape index (κ3) is 3.46. The summed E-state index contributed by atoms with van der Waals surface area (Å²) < 4.78 is 5.32. The van der Waals surface area contributed by atoms with Gasteiger partial charge in [-0.15, -0.1) is 11.3 Å². The van der Waals surface area contributed by atoms with E-state index in [2.05, 4.69) is 11.1 Å². The maximum absolute atomic E-state index is 5.67. The molecule has 1 aromatic carbocycles. The van der Waals surface area contributed by atoms with E-state index in [1.165, 1.54) is 10.6 Å². The van der Waals surface area contributed by atoms with Crippen molar-refractivity contribution in [2.24, 2.45) is 0 Å².